The standard InChI is InChI=1S/C16H32N2O/c1-14(2)12-18(11-10-17(3)4)13-16(19)15-8-6-5-7-9-15/h14-15H,5-13H2,1-4H3. The molecule has 1 saturated carbocycles. The fourth-order valence-electron chi connectivity index (χ4n) is 2.87. The number of Topliss-reactive ketones (excluding diaryl/α,β-unsaturated/α-hetero) is 1. The van der Waals surface area contributed by atoms with E-state index in [2.05, 4.69) is 37.7 Å². The minimum absolute atomic E-state index is 0.350. The molecule has 1 fully saturated rings. The van der Waals surface area contributed by atoms with Crippen LogP contribution in [0.3, 0.4) is 0 Å². The third kappa shape index (κ3) is 7.07. The third-order valence-corrected chi connectivity index (χ3v) is 3.93. The summed E-state index contributed by atoms with van der Waals surface area (Å²) < 4.78 is 0. The molecule has 0 unspecified atom stereocenters. The highest BCUT2D eigenvalue weighted by Crippen LogP contribution is 2.24. The second-order valence-corrected chi connectivity index (χ2v) is 6.73. The SMILES string of the molecule is CC(C)CN(CCN(C)C)CC(=O)C1CCCCC1. The first kappa shape index (κ1) is 16.6. The largest absolute Gasteiger partial charge is 0.308 e. The predicted molar refractivity (Wildman–Crippen MR) is 81.4 cm³/mol. The fraction of sp³-hybridized carbons (Fsp3) is 0.938. The molecule has 3 nitrogen and oxygen atoms in total. The Hall–Kier alpha value is -0.410. The Morgan fingerprint density at radius 2 is 1.74 bits per heavy atom. The predicted octanol–water partition coefficient (Wildman–Crippen LogP) is 2.66. The van der Waals surface area contributed by atoms with E-state index in [4.69, 9.17) is 0 Å². The van der Waals surface area contributed by atoms with Crippen LogP contribution in [0.15, 0.2) is 0 Å². The lowest BCUT2D eigenvalue weighted by Crippen LogP contribution is -2.39. The molecule has 0 atom stereocenters. The van der Waals surface area contributed by atoms with Crippen molar-refractivity contribution in [2.24, 2.45) is 11.8 Å². The number of likely N-dealkylation sites (N-methyl/N-ethyl adjacent to an activating group) is 1. The van der Waals surface area contributed by atoms with Gasteiger partial charge in [-0.25, -0.2) is 0 Å². The summed E-state index contributed by atoms with van der Waals surface area (Å²) in [5.74, 6) is 1.46. The highest BCUT2D eigenvalue weighted by atomic mass is 16.1. The van der Waals surface area contributed by atoms with Gasteiger partial charge in [0, 0.05) is 25.6 Å². The molecule has 0 aromatic rings. The van der Waals surface area contributed by atoms with Crippen molar-refractivity contribution in [1.82, 2.24) is 9.80 Å². The quantitative estimate of drug-likeness (QED) is 0.676. The van der Waals surface area contributed by atoms with Crippen LogP contribution in [0.4, 0.5) is 0 Å². The number of nitrogens with zero attached hydrogens (tertiary/aromatic N) is 2. The van der Waals surface area contributed by atoms with Crippen molar-refractivity contribution in [3.63, 3.8) is 0 Å². The second kappa shape index (κ2) is 8.70. The van der Waals surface area contributed by atoms with Gasteiger partial charge in [-0.05, 0) is 32.9 Å². The molecule has 112 valence electrons. The van der Waals surface area contributed by atoms with E-state index >= 15 is 0 Å². The number of ketones is 1. The van der Waals surface area contributed by atoms with Gasteiger partial charge in [-0.2, -0.15) is 0 Å². The van der Waals surface area contributed by atoms with Crippen molar-refractivity contribution in [2.45, 2.75) is 46.0 Å². The molecule has 0 bridgehead atoms. The molecule has 0 radical (unpaired) electrons. The summed E-state index contributed by atoms with van der Waals surface area (Å²) in [7, 11) is 4.19. The summed E-state index contributed by atoms with van der Waals surface area (Å²) in [6.45, 7) is 8.19. The summed E-state index contributed by atoms with van der Waals surface area (Å²) in [6, 6.07) is 0. The maximum absolute atomic E-state index is 12.4. The molecule has 0 amide bonds. The van der Waals surface area contributed by atoms with Crippen LogP contribution < -0.4 is 0 Å². The van der Waals surface area contributed by atoms with Gasteiger partial charge >= 0.3 is 0 Å². The molecule has 0 saturated heterocycles. The van der Waals surface area contributed by atoms with E-state index in [0.717, 1.165) is 32.5 Å². The minimum atomic E-state index is 0.350. The molecule has 3 heteroatoms. The lowest BCUT2D eigenvalue weighted by Gasteiger charge is -2.28. The van der Waals surface area contributed by atoms with Crippen molar-refractivity contribution in [1.29, 1.82) is 0 Å². The van der Waals surface area contributed by atoms with E-state index in [1.165, 1.54) is 19.3 Å². The zero-order valence-corrected chi connectivity index (χ0v) is 13.3. The van der Waals surface area contributed by atoms with Gasteiger partial charge in [0.1, 0.15) is 5.78 Å². The Labute approximate surface area is 119 Å². The van der Waals surface area contributed by atoms with Crippen LogP contribution >= 0.6 is 0 Å². The Bertz CT molecular complexity index is 257. The summed E-state index contributed by atoms with van der Waals surface area (Å²) in [6.07, 6.45) is 6.07. The number of carbonyl (C=O) groups excluding carboxylic acids is 1. The van der Waals surface area contributed by atoms with Crippen LogP contribution in [-0.4, -0.2) is 55.9 Å². The lowest BCUT2D eigenvalue weighted by molar-refractivity contribution is -0.125. The van der Waals surface area contributed by atoms with Gasteiger partial charge in [0.25, 0.3) is 0 Å². The highest BCUT2D eigenvalue weighted by molar-refractivity contribution is 5.83. The van der Waals surface area contributed by atoms with Crippen molar-refractivity contribution < 1.29 is 4.79 Å². The maximum atomic E-state index is 12.4. The Morgan fingerprint density at radius 3 is 2.26 bits per heavy atom. The Kier molecular flexibility index (Phi) is 7.62. The van der Waals surface area contributed by atoms with Crippen LogP contribution in [0.5, 0.6) is 0 Å². The van der Waals surface area contributed by atoms with Crippen molar-refractivity contribution in [3.05, 3.63) is 0 Å². The molecular weight excluding hydrogens is 236 g/mol. The Balaban J connectivity index is 2.42. The molecule has 0 spiro atoms. The van der Waals surface area contributed by atoms with Gasteiger partial charge in [0.2, 0.25) is 0 Å². The fourth-order valence-corrected chi connectivity index (χ4v) is 2.87. The minimum Gasteiger partial charge on any atom is -0.308 e. The van der Waals surface area contributed by atoms with Crippen molar-refractivity contribution in [2.75, 3.05) is 40.3 Å². The summed E-state index contributed by atoms with van der Waals surface area (Å²) >= 11 is 0. The van der Waals surface area contributed by atoms with E-state index in [-0.39, 0.29) is 0 Å². The topological polar surface area (TPSA) is 23.6 Å². The molecule has 1 aliphatic rings. The first-order chi connectivity index (χ1) is 8.99. The van der Waals surface area contributed by atoms with Crippen LogP contribution in [0.1, 0.15) is 46.0 Å². The van der Waals surface area contributed by atoms with Crippen molar-refractivity contribution >= 4 is 5.78 Å². The van der Waals surface area contributed by atoms with Gasteiger partial charge in [-0.3, -0.25) is 9.69 Å². The summed E-state index contributed by atoms with van der Waals surface area (Å²) in [5, 5.41) is 0. The highest BCUT2D eigenvalue weighted by Gasteiger charge is 2.23. The van der Waals surface area contributed by atoms with Gasteiger partial charge in [0.15, 0.2) is 0 Å². The zero-order valence-electron chi connectivity index (χ0n) is 13.3. The molecule has 0 aliphatic heterocycles. The van der Waals surface area contributed by atoms with Gasteiger partial charge in [-0.15, -0.1) is 0 Å². The van der Waals surface area contributed by atoms with Crippen LogP contribution in [0.2, 0.25) is 0 Å². The zero-order chi connectivity index (χ0) is 14.3. The molecule has 0 N–H and O–H groups in total. The van der Waals surface area contributed by atoms with E-state index in [1.54, 1.807) is 0 Å². The van der Waals surface area contributed by atoms with Gasteiger partial charge in [-0.1, -0.05) is 33.1 Å². The lowest BCUT2D eigenvalue weighted by atomic mass is 9.86. The molecule has 1 rings (SSSR count). The first-order valence-corrected chi connectivity index (χ1v) is 7.89. The normalized spacial score (nSPS) is 17.6. The van der Waals surface area contributed by atoms with Crippen LogP contribution in [0.25, 0.3) is 0 Å². The van der Waals surface area contributed by atoms with E-state index < -0.39 is 0 Å². The molecular formula is C16H32N2O. The summed E-state index contributed by atoms with van der Waals surface area (Å²) in [4.78, 5) is 16.9. The molecule has 0 aromatic heterocycles. The third-order valence-electron chi connectivity index (χ3n) is 3.93. The Morgan fingerprint density at radius 1 is 1.11 bits per heavy atom. The van der Waals surface area contributed by atoms with Gasteiger partial charge in [0.05, 0.1) is 6.54 Å². The summed E-state index contributed by atoms with van der Waals surface area (Å²) in [5.41, 5.74) is 0. The second-order valence-electron chi connectivity index (χ2n) is 6.73. The smallest absolute Gasteiger partial charge is 0.149 e. The van der Waals surface area contributed by atoms with Crippen LogP contribution in [-0.2, 0) is 4.79 Å². The first-order valence-electron chi connectivity index (χ1n) is 7.89. The van der Waals surface area contributed by atoms with E-state index in [0.29, 0.717) is 24.2 Å². The monoisotopic (exact) mass is 268 g/mol. The average molecular weight is 268 g/mol. The molecule has 0 aromatic carbocycles. The van der Waals surface area contributed by atoms with Crippen molar-refractivity contribution in [3.8, 4) is 0 Å². The van der Waals surface area contributed by atoms with Crippen LogP contribution in [0, 0.1) is 11.8 Å². The molecule has 19 heavy (non-hydrogen) atoms. The maximum Gasteiger partial charge on any atom is 0.149 e. The van der Waals surface area contributed by atoms with E-state index in [1.807, 2.05) is 0 Å². The number of rotatable bonds is 8. The van der Waals surface area contributed by atoms with E-state index in [9.17, 15) is 4.79 Å². The number of hydrogen-bond donors (Lipinski definition) is 0. The molecule has 1 aliphatic carbocycles. The van der Waals surface area contributed by atoms with Gasteiger partial charge < -0.3 is 4.90 Å². The number of carbonyl (C=O) groups is 1. The molecule has 0 heterocycles. The number of hydrogen-bond acceptors (Lipinski definition) is 3. The average Bonchev–Trinajstić information content (AvgIpc) is 2.36.